The third-order valence-electron chi connectivity index (χ3n) is 4.12. The highest BCUT2D eigenvalue weighted by molar-refractivity contribution is 9.10. The van der Waals surface area contributed by atoms with Crippen LogP contribution in [-0.2, 0) is 6.54 Å². The third kappa shape index (κ3) is 3.83. The third-order valence-corrected chi connectivity index (χ3v) is 4.86. The molecule has 0 aromatic heterocycles. The summed E-state index contributed by atoms with van der Waals surface area (Å²) >= 11 is 3.66. The van der Waals surface area contributed by atoms with Gasteiger partial charge in [0.15, 0.2) is 0 Å². The van der Waals surface area contributed by atoms with E-state index in [-0.39, 0.29) is 0 Å². The van der Waals surface area contributed by atoms with Gasteiger partial charge in [-0.05, 0) is 42.9 Å². The molecule has 18 heavy (non-hydrogen) atoms. The van der Waals surface area contributed by atoms with Crippen molar-refractivity contribution in [3.63, 3.8) is 0 Å². The van der Waals surface area contributed by atoms with Crippen molar-refractivity contribution in [1.29, 1.82) is 0 Å². The Morgan fingerprint density at radius 1 is 1.22 bits per heavy atom. The van der Waals surface area contributed by atoms with Crippen molar-refractivity contribution in [3.05, 3.63) is 33.8 Å². The maximum atomic E-state index is 3.76. The summed E-state index contributed by atoms with van der Waals surface area (Å²) in [4.78, 5) is 0. The van der Waals surface area contributed by atoms with Crippen LogP contribution >= 0.6 is 15.9 Å². The van der Waals surface area contributed by atoms with E-state index in [2.05, 4.69) is 53.3 Å². The quantitative estimate of drug-likeness (QED) is 0.790. The Balaban J connectivity index is 1.93. The van der Waals surface area contributed by atoms with Gasteiger partial charge in [-0.15, -0.1) is 0 Å². The Hall–Kier alpha value is -0.340. The van der Waals surface area contributed by atoms with E-state index in [1.165, 1.54) is 47.7 Å². The van der Waals surface area contributed by atoms with E-state index < -0.39 is 0 Å². The zero-order chi connectivity index (χ0) is 13.0. The Morgan fingerprint density at radius 2 is 2.00 bits per heavy atom. The molecular weight excluding hydrogens is 286 g/mol. The van der Waals surface area contributed by atoms with Crippen LogP contribution in [0, 0.1) is 12.8 Å². The van der Waals surface area contributed by atoms with Gasteiger partial charge in [0.25, 0.3) is 0 Å². The molecule has 0 bridgehead atoms. The molecular formula is C16H24BrN. The minimum absolute atomic E-state index is 0.695. The van der Waals surface area contributed by atoms with E-state index in [0.717, 1.165) is 12.5 Å². The second-order valence-electron chi connectivity index (χ2n) is 5.70. The number of aryl methyl sites for hydroxylation is 1. The van der Waals surface area contributed by atoms with E-state index >= 15 is 0 Å². The molecule has 0 spiro atoms. The maximum Gasteiger partial charge on any atom is 0.0222 e. The first-order valence-corrected chi connectivity index (χ1v) is 7.94. The molecule has 1 fully saturated rings. The van der Waals surface area contributed by atoms with Crippen molar-refractivity contribution >= 4 is 15.9 Å². The zero-order valence-electron chi connectivity index (χ0n) is 11.5. The fourth-order valence-electron chi connectivity index (χ4n) is 2.83. The molecule has 1 saturated carbocycles. The van der Waals surface area contributed by atoms with Gasteiger partial charge in [-0.2, -0.15) is 0 Å². The first-order chi connectivity index (χ1) is 8.66. The molecule has 0 heterocycles. The van der Waals surface area contributed by atoms with Crippen molar-refractivity contribution in [1.82, 2.24) is 5.32 Å². The number of hydrogen-bond donors (Lipinski definition) is 1. The summed E-state index contributed by atoms with van der Waals surface area (Å²) in [6.07, 6.45) is 6.93. The van der Waals surface area contributed by atoms with Crippen LogP contribution in [-0.4, -0.2) is 6.04 Å². The molecule has 0 aliphatic heterocycles. The molecule has 1 aromatic rings. The Kier molecular flexibility index (Phi) is 5.25. The van der Waals surface area contributed by atoms with Gasteiger partial charge in [0.2, 0.25) is 0 Å². The zero-order valence-corrected chi connectivity index (χ0v) is 13.1. The van der Waals surface area contributed by atoms with Gasteiger partial charge >= 0.3 is 0 Å². The van der Waals surface area contributed by atoms with Crippen molar-refractivity contribution in [2.24, 2.45) is 5.92 Å². The standard InChI is InChI=1S/C16H24BrN/c1-12-8-9-14(15(17)10-12)11-18-16-7-5-3-4-6-13(16)2/h8-10,13,16,18H,3-7,11H2,1-2H3. The van der Waals surface area contributed by atoms with Gasteiger partial charge in [0.1, 0.15) is 0 Å². The lowest BCUT2D eigenvalue weighted by molar-refractivity contribution is 0.356. The van der Waals surface area contributed by atoms with Crippen LogP contribution < -0.4 is 5.32 Å². The number of nitrogens with one attached hydrogen (secondary N) is 1. The highest BCUT2D eigenvalue weighted by atomic mass is 79.9. The van der Waals surface area contributed by atoms with E-state index in [1.54, 1.807) is 0 Å². The molecule has 1 aliphatic rings. The van der Waals surface area contributed by atoms with Gasteiger partial charge in [-0.1, -0.05) is 54.2 Å². The van der Waals surface area contributed by atoms with Gasteiger partial charge in [-0.3, -0.25) is 0 Å². The average Bonchev–Trinajstić information content (AvgIpc) is 2.53. The lowest BCUT2D eigenvalue weighted by atomic mass is 9.97. The largest absolute Gasteiger partial charge is 0.310 e. The topological polar surface area (TPSA) is 12.0 Å². The van der Waals surface area contributed by atoms with Gasteiger partial charge in [0, 0.05) is 17.1 Å². The normalized spacial score (nSPS) is 24.8. The fraction of sp³-hybridized carbons (Fsp3) is 0.625. The number of hydrogen-bond acceptors (Lipinski definition) is 1. The van der Waals surface area contributed by atoms with Crippen LogP contribution in [0.3, 0.4) is 0 Å². The lowest BCUT2D eigenvalue weighted by Crippen LogP contribution is -2.33. The molecule has 1 nitrogen and oxygen atoms in total. The second-order valence-corrected chi connectivity index (χ2v) is 6.55. The van der Waals surface area contributed by atoms with Crippen LogP contribution in [0.2, 0.25) is 0 Å². The molecule has 0 radical (unpaired) electrons. The van der Waals surface area contributed by atoms with E-state index in [9.17, 15) is 0 Å². The predicted octanol–water partition coefficient (Wildman–Crippen LogP) is 4.82. The van der Waals surface area contributed by atoms with Crippen molar-refractivity contribution in [2.75, 3.05) is 0 Å². The molecule has 1 aromatic carbocycles. The van der Waals surface area contributed by atoms with Gasteiger partial charge in [-0.25, -0.2) is 0 Å². The lowest BCUT2D eigenvalue weighted by Gasteiger charge is -2.23. The molecule has 2 atom stereocenters. The predicted molar refractivity (Wildman–Crippen MR) is 81.8 cm³/mol. The molecule has 2 unspecified atom stereocenters. The van der Waals surface area contributed by atoms with Crippen molar-refractivity contribution in [2.45, 2.75) is 58.5 Å². The molecule has 2 heteroatoms. The first-order valence-electron chi connectivity index (χ1n) is 7.15. The second kappa shape index (κ2) is 6.72. The SMILES string of the molecule is Cc1ccc(CNC2CCCCCC2C)c(Br)c1. The summed E-state index contributed by atoms with van der Waals surface area (Å²) in [6.45, 7) is 5.51. The molecule has 0 amide bonds. The van der Waals surface area contributed by atoms with Crippen molar-refractivity contribution < 1.29 is 0 Å². The summed E-state index contributed by atoms with van der Waals surface area (Å²) in [6, 6.07) is 7.32. The van der Waals surface area contributed by atoms with Crippen LogP contribution in [0.1, 0.15) is 50.2 Å². The highest BCUT2D eigenvalue weighted by Crippen LogP contribution is 2.24. The molecule has 1 N–H and O–H groups in total. The first kappa shape index (κ1) is 14.1. The maximum absolute atomic E-state index is 3.76. The van der Waals surface area contributed by atoms with Crippen molar-refractivity contribution in [3.8, 4) is 0 Å². The fourth-order valence-corrected chi connectivity index (χ4v) is 3.47. The Bertz CT molecular complexity index is 389. The number of benzene rings is 1. The van der Waals surface area contributed by atoms with Crippen LogP contribution in [0.4, 0.5) is 0 Å². The summed E-state index contributed by atoms with van der Waals surface area (Å²) in [5.41, 5.74) is 2.69. The Labute approximate surface area is 119 Å². The Morgan fingerprint density at radius 3 is 2.78 bits per heavy atom. The molecule has 1 aliphatic carbocycles. The minimum atomic E-state index is 0.695. The number of halogens is 1. The smallest absolute Gasteiger partial charge is 0.0222 e. The highest BCUT2D eigenvalue weighted by Gasteiger charge is 2.19. The summed E-state index contributed by atoms with van der Waals surface area (Å²) in [7, 11) is 0. The van der Waals surface area contributed by atoms with E-state index in [4.69, 9.17) is 0 Å². The number of rotatable bonds is 3. The summed E-state index contributed by atoms with van der Waals surface area (Å²) in [5, 5.41) is 3.76. The molecule has 100 valence electrons. The summed E-state index contributed by atoms with van der Waals surface area (Å²) in [5.74, 6) is 0.816. The summed E-state index contributed by atoms with van der Waals surface area (Å²) < 4.78 is 1.23. The van der Waals surface area contributed by atoms with E-state index in [0.29, 0.717) is 6.04 Å². The van der Waals surface area contributed by atoms with Crippen LogP contribution in [0.25, 0.3) is 0 Å². The monoisotopic (exact) mass is 309 g/mol. The molecule has 2 rings (SSSR count). The van der Waals surface area contributed by atoms with Gasteiger partial charge < -0.3 is 5.32 Å². The molecule has 0 saturated heterocycles. The average molecular weight is 310 g/mol. The van der Waals surface area contributed by atoms with Crippen LogP contribution in [0.5, 0.6) is 0 Å². The van der Waals surface area contributed by atoms with Crippen LogP contribution in [0.15, 0.2) is 22.7 Å². The van der Waals surface area contributed by atoms with E-state index in [1.807, 2.05) is 0 Å². The van der Waals surface area contributed by atoms with Gasteiger partial charge in [0.05, 0.1) is 0 Å². The minimum Gasteiger partial charge on any atom is -0.310 e.